The molecule has 4 nitrogen and oxygen atoms in total. The first-order valence-electron chi connectivity index (χ1n) is 8.85. The van der Waals surface area contributed by atoms with Gasteiger partial charge in [-0.1, -0.05) is 42.5 Å². The van der Waals surface area contributed by atoms with Crippen molar-refractivity contribution in [1.82, 2.24) is 0 Å². The summed E-state index contributed by atoms with van der Waals surface area (Å²) in [5.74, 6) is -0.398. The molecular formula is C24H18ClNO3. The van der Waals surface area contributed by atoms with E-state index in [2.05, 4.69) is 11.9 Å². The van der Waals surface area contributed by atoms with E-state index in [0.717, 1.165) is 16.7 Å². The van der Waals surface area contributed by atoms with Gasteiger partial charge in [0.2, 0.25) is 0 Å². The molecule has 29 heavy (non-hydrogen) atoms. The minimum absolute atomic E-state index is 0.357. The molecule has 0 saturated carbocycles. The maximum Gasteiger partial charge on any atom is 0.256 e. The number of carbonyl (C=O) groups is 3. The van der Waals surface area contributed by atoms with Crippen LogP contribution < -0.4 is 5.32 Å². The Morgan fingerprint density at radius 3 is 2.41 bits per heavy atom. The van der Waals surface area contributed by atoms with E-state index in [4.69, 9.17) is 11.6 Å². The number of nitrogens with one attached hydrogen (secondary N) is 1. The lowest BCUT2D eigenvalue weighted by atomic mass is 9.98. The van der Waals surface area contributed by atoms with Crippen LogP contribution in [0.3, 0.4) is 0 Å². The van der Waals surface area contributed by atoms with Crippen LogP contribution in [0.5, 0.6) is 0 Å². The Hall–Kier alpha value is -3.50. The van der Waals surface area contributed by atoms with E-state index in [0.29, 0.717) is 45.5 Å². The maximum atomic E-state index is 12.8. The second-order valence-electron chi connectivity index (χ2n) is 6.50. The number of aldehydes is 2. The number of aryl methyl sites for hydroxylation is 1. The molecule has 0 aliphatic carbocycles. The molecule has 3 aromatic rings. The molecule has 0 aliphatic heterocycles. The van der Waals surface area contributed by atoms with Crippen molar-refractivity contribution >= 4 is 41.8 Å². The van der Waals surface area contributed by atoms with Crippen LogP contribution in [-0.4, -0.2) is 18.5 Å². The highest BCUT2D eigenvalue weighted by molar-refractivity contribution is 6.30. The van der Waals surface area contributed by atoms with E-state index >= 15 is 0 Å². The normalized spacial score (nSPS) is 10.3. The molecule has 0 fully saturated rings. The molecule has 3 rings (SSSR count). The van der Waals surface area contributed by atoms with Crippen molar-refractivity contribution in [3.05, 3.63) is 94.0 Å². The van der Waals surface area contributed by atoms with Gasteiger partial charge in [0.1, 0.15) is 6.29 Å². The Morgan fingerprint density at radius 2 is 1.76 bits per heavy atom. The van der Waals surface area contributed by atoms with E-state index in [1.807, 2.05) is 25.1 Å². The van der Waals surface area contributed by atoms with Gasteiger partial charge < -0.3 is 5.32 Å². The highest BCUT2D eigenvalue weighted by atomic mass is 35.5. The van der Waals surface area contributed by atoms with Crippen molar-refractivity contribution in [2.24, 2.45) is 0 Å². The number of hydrogen-bond donors (Lipinski definition) is 1. The second kappa shape index (κ2) is 8.67. The summed E-state index contributed by atoms with van der Waals surface area (Å²) in [5.41, 5.74) is 4.87. The molecule has 0 atom stereocenters. The summed E-state index contributed by atoms with van der Waals surface area (Å²) in [6.07, 6.45) is 2.91. The SMILES string of the molecule is C=Cc1cc(C=O)ccc1C(=O)Nc1cc(-c2ccc(Cl)cc2C)ccc1C=O. The average molecular weight is 404 g/mol. The number of rotatable bonds is 6. The molecule has 0 aromatic heterocycles. The van der Waals surface area contributed by atoms with E-state index < -0.39 is 5.91 Å². The molecule has 0 aliphatic rings. The minimum atomic E-state index is -0.398. The van der Waals surface area contributed by atoms with Crippen molar-refractivity contribution in [1.29, 1.82) is 0 Å². The number of hydrogen-bond acceptors (Lipinski definition) is 3. The van der Waals surface area contributed by atoms with Gasteiger partial charge in [0.05, 0.1) is 5.69 Å². The minimum Gasteiger partial charge on any atom is -0.321 e. The molecule has 1 amide bonds. The number of benzene rings is 3. The van der Waals surface area contributed by atoms with Crippen LogP contribution in [0.2, 0.25) is 5.02 Å². The predicted octanol–water partition coefficient (Wildman–Crippen LogP) is 5.84. The van der Waals surface area contributed by atoms with E-state index in [1.54, 1.807) is 36.4 Å². The summed E-state index contributed by atoms with van der Waals surface area (Å²) in [6.45, 7) is 5.64. The van der Waals surface area contributed by atoms with Gasteiger partial charge >= 0.3 is 0 Å². The summed E-state index contributed by atoms with van der Waals surface area (Å²) in [7, 11) is 0. The molecule has 0 radical (unpaired) electrons. The topological polar surface area (TPSA) is 63.2 Å². The number of carbonyl (C=O) groups excluding carboxylic acids is 3. The van der Waals surface area contributed by atoms with Crippen LogP contribution in [0, 0.1) is 6.92 Å². The van der Waals surface area contributed by atoms with Crippen molar-refractivity contribution in [2.75, 3.05) is 5.32 Å². The number of halogens is 1. The summed E-state index contributed by atoms with van der Waals surface area (Å²) in [6, 6.07) is 15.5. The lowest BCUT2D eigenvalue weighted by molar-refractivity contribution is 0.102. The van der Waals surface area contributed by atoms with Gasteiger partial charge in [-0.15, -0.1) is 0 Å². The summed E-state index contributed by atoms with van der Waals surface area (Å²) >= 11 is 6.04. The molecule has 0 saturated heterocycles. The molecule has 144 valence electrons. The second-order valence-corrected chi connectivity index (χ2v) is 6.94. The first kappa shape index (κ1) is 20.2. The first-order chi connectivity index (χ1) is 14.0. The lowest BCUT2D eigenvalue weighted by Crippen LogP contribution is -2.15. The van der Waals surface area contributed by atoms with Crippen molar-refractivity contribution in [3.8, 4) is 11.1 Å². The quantitative estimate of drug-likeness (QED) is 0.526. The molecular weight excluding hydrogens is 386 g/mol. The summed E-state index contributed by atoms with van der Waals surface area (Å²) < 4.78 is 0. The fraction of sp³-hybridized carbons (Fsp3) is 0.0417. The summed E-state index contributed by atoms with van der Waals surface area (Å²) in [5, 5.41) is 3.44. The molecule has 0 spiro atoms. The standard InChI is InChI=1S/C24H18ClNO3/c1-3-17-11-16(13-27)4-8-22(17)24(29)26-23-12-18(5-6-19(23)14-28)21-9-7-20(25)10-15(21)2/h3-14H,1H2,2H3,(H,26,29). The third-order valence-electron chi connectivity index (χ3n) is 4.60. The third-order valence-corrected chi connectivity index (χ3v) is 4.84. The molecule has 0 heterocycles. The highest BCUT2D eigenvalue weighted by Gasteiger charge is 2.14. The number of anilines is 1. The predicted molar refractivity (Wildman–Crippen MR) is 117 cm³/mol. The molecule has 1 N–H and O–H groups in total. The van der Waals surface area contributed by atoms with Crippen LogP contribution in [0.25, 0.3) is 17.2 Å². The van der Waals surface area contributed by atoms with Gasteiger partial charge in [0.15, 0.2) is 6.29 Å². The fourth-order valence-corrected chi connectivity index (χ4v) is 3.33. The zero-order chi connectivity index (χ0) is 21.0. The zero-order valence-corrected chi connectivity index (χ0v) is 16.5. The fourth-order valence-electron chi connectivity index (χ4n) is 3.11. The maximum absolute atomic E-state index is 12.8. The van der Waals surface area contributed by atoms with Gasteiger partial charge in [0.25, 0.3) is 5.91 Å². The zero-order valence-electron chi connectivity index (χ0n) is 15.7. The molecule has 5 heteroatoms. The van der Waals surface area contributed by atoms with E-state index in [-0.39, 0.29) is 0 Å². The van der Waals surface area contributed by atoms with Gasteiger partial charge in [-0.3, -0.25) is 14.4 Å². The monoisotopic (exact) mass is 403 g/mol. The van der Waals surface area contributed by atoms with Crippen LogP contribution in [-0.2, 0) is 0 Å². The largest absolute Gasteiger partial charge is 0.321 e. The van der Waals surface area contributed by atoms with Gasteiger partial charge in [-0.2, -0.15) is 0 Å². The van der Waals surface area contributed by atoms with E-state index in [1.165, 1.54) is 6.08 Å². The third kappa shape index (κ3) is 4.33. The Morgan fingerprint density at radius 1 is 0.966 bits per heavy atom. The van der Waals surface area contributed by atoms with Crippen LogP contribution in [0.4, 0.5) is 5.69 Å². The van der Waals surface area contributed by atoms with Crippen LogP contribution in [0.15, 0.2) is 61.2 Å². The Kier molecular flexibility index (Phi) is 6.05. The Labute approximate surface area is 173 Å². The first-order valence-corrected chi connectivity index (χ1v) is 9.23. The molecule has 0 unspecified atom stereocenters. The van der Waals surface area contributed by atoms with E-state index in [9.17, 15) is 14.4 Å². The van der Waals surface area contributed by atoms with Crippen molar-refractivity contribution < 1.29 is 14.4 Å². The number of amides is 1. The average Bonchev–Trinajstić information content (AvgIpc) is 2.73. The Bertz CT molecular complexity index is 1130. The Balaban J connectivity index is 2.00. The van der Waals surface area contributed by atoms with Crippen molar-refractivity contribution in [3.63, 3.8) is 0 Å². The molecule has 3 aromatic carbocycles. The van der Waals surface area contributed by atoms with Gasteiger partial charge in [-0.25, -0.2) is 0 Å². The van der Waals surface area contributed by atoms with Crippen LogP contribution in [0.1, 0.15) is 42.2 Å². The molecule has 0 bridgehead atoms. The highest BCUT2D eigenvalue weighted by Crippen LogP contribution is 2.30. The summed E-state index contributed by atoms with van der Waals surface area (Å²) in [4.78, 5) is 35.3. The van der Waals surface area contributed by atoms with Crippen molar-refractivity contribution in [2.45, 2.75) is 6.92 Å². The van der Waals surface area contributed by atoms with Gasteiger partial charge in [0, 0.05) is 21.7 Å². The van der Waals surface area contributed by atoms with Crippen LogP contribution >= 0.6 is 11.6 Å². The van der Waals surface area contributed by atoms with Gasteiger partial charge in [-0.05, 0) is 65.6 Å². The smallest absolute Gasteiger partial charge is 0.256 e. The lowest BCUT2D eigenvalue weighted by Gasteiger charge is -2.13.